The number of esters is 4. The van der Waals surface area contributed by atoms with Crippen molar-refractivity contribution in [3.05, 3.63) is 83.7 Å². The summed E-state index contributed by atoms with van der Waals surface area (Å²) in [7, 11) is 1.94. The number of likely N-dealkylation sites (N-methyl/N-ethyl adjacent to an activating group) is 4. The molecule has 22 heteroatoms. The molecule has 436 valence electrons. The van der Waals surface area contributed by atoms with Crippen LogP contribution in [0.2, 0.25) is 0 Å². The highest BCUT2D eigenvalue weighted by molar-refractivity contribution is 7.92. The fraction of sp³-hybridized carbons (Fsp3) is 0.596. The zero-order valence-electron chi connectivity index (χ0n) is 48.5. The monoisotopic (exact) mass is 1120 g/mol. The topological polar surface area (TPSA) is 250 Å². The molecule has 0 saturated carbocycles. The van der Waals surface area contributed by atoms with E-state index in [9.17, 15) is 46.8 Å². The lowest BCUT2D eigenvalue weighted by molar-refractivity contribution is -0.176. The second-order valence-corrected chi connectivity index (χ2v) is 24.1. The second kappa shape index (κ2) is 28.9. The molecular weight excluding hydrogens is 1040 g/mol. The van der Waals surface area contributed by atoms with Gasteiger partial charge in [-0.1, -0.05) is 110 Å². The van der Waals surface area contributed by atoms with Crippen LogP contribution >= 0.6 is 0 Å². The van der Waals surface area contributed by atoms with Gasteiger partial charge in [0.2, 0.25) is 10.0 Å². The van der Waals surface area contributed by atoms with E-state index in [1.165, 1.54) is 59.1 Å². The first kappa shape index (κ1) is 64.7. The molecule has 0 spiro atoms. The van der Waals surface area contributed by atoms with E-state index >= 15 is 0 Å². The fourth-order valence-electron chi connectivity index (χ4n) is 9.21. The number of ether oxygens (including phenoxy) is 4. The minimum absolute atomic E-state index is 0.0530. The van der Waals surface area contributed by atoms with Gasteiger partial charge in [-0.3, -0.25) is 28.6 Å². The van der Waals surface area contributed by atoms with Crippen molar-refractivity contribution in [3.63, 3.8) is 0 Å². The van der Waals surface area contributed by atoms with Crippen LogP contribution in [0, 0.1) is 23.7 Å². The molecule has 0 bridgehead atoms. The Balaban J connectivity index is 1.84. The van der Waals surface area contributed by atoms with Crippen molar-refractivity contribution in [2.75, 3.05) is 39.2 Å². The summed E-state index contributed by atoms with van der Waals surface area (Å²) in [5, 5.41) is 4.23. The number of sulfonamides is 1. The van der Waals surface area contributed by atoms with Gasteiger partial charge in [0.05, 0.1) is 24.7 Å². The van der Waals surface area contributed by atoms with E-state index in [-0.39, 0.29) is 74.4 Å². The Hall–Kier alpha value is -6.84. The molecule has 0 radical (unpaired) electrons. The Morgan fingerprint density at radius 3 is 1.18 bits per heavy atom. The molecule has 0 aliphatic carbocycles. The lowest BCUT2D eigenvalue weighted by Crippen LogP contribution is -2.55. The molecule has 3 aromatic rings. The van der Waals surface area contributed by atoms with Crippen molar-refractivity contribution in [1.29, 1.82) is 0 Å². The Morgan fingerprint density at radius 2 is 0.823 bits per heavy atom. The molecule has 1 aliphatic heterocycles. The van der Waals surface area contributed by atoms with Gasteiger partial charge in [0, 0.05) is 47.2 Å². The highest BCUT2D eigenvalue weighted by Crippen LogP contribution is 2.25. The number of anilines is 1. The predicted octanol–water partition coefficient (Wildman–Crippen LogP) is 5.28. The number of carbonyl (C=O) groups is 8. The van der Waals surface area contributed by atoms with E-state index in [2.05, 4.69) is 9.82 Å². The van der Waals surface area contributed by atoms with Gasteiger partial charge in [-0.15, -0.1) is 0 Å². The zero-order valence-corrected chi connectivity index (χ0v) is 49.4. The maximum atomic E-state index is 15.0. The third-order valence-corrected chi connectivity index (χ3v) is 14.1. The Morgan fingerprint density at radius 1 is 0.494 bits per heavy atom. The third kappa shape index (κ3) is 19.2. The quantitative estimate of drug-likeness (QED) is 0.142. The fourth-order valence-corrected chi connectivity index (χ4v) is 9.74. The van der Waals surface area contributed by atoms with Gasteiger partial charge in [0.1, 0.15) is 24.2 Å². The molecule has 2 aromatic carbocycles. The van der Waals surface area contributed by atoms with Crippen LogP contribution in [0.4, 0.5) is 5.69 Å². The summed E-state index contributed by atoms with van der Waals surface area (Å²) in [6, 6.07) is 10.6. The van der Waals surface area contributed by atoms with Gasteiger partial charge in [-0.25, -0.2) is 27.6 Å². The number of aromatic nitrogens is 2. The largest absolute Gasteiger partial charge is 0.451 e. The first-order valence-corrected chi connectivity index (χ1v) is 28.8. The summed E-state index contributed by atoms with van der Waals surface area (Å²) < 4.78 is 51.4. The maximum absolute atomic E-state index is 15.0. The van der Waals surface area contributed by atoms with Crippen LogP contribution in [0.25, 0.3) is 0 Å². The number of rotatable bonds is 16. The number of nitrogens with zero attached hydrogens (tertiary/aromatic N) is 6. The highest BCUT2D eigenvalue weighted by atomic mass is 32.2. The minimum atomic E-state index is -3.53. The van der Waals surface area contributed by atoms with Crippen molar-refractivity contribution in [1.82, 2.24) is 29.4 Å². The van der Waals surface area contributed by atoms with Gasteiger partial charge in [0.25, 0.3) is 23.6 Å². The van der Waals surface area contributed by atoms with E-state index in [0.29, 0.717) is 11.1 Å². The molecule has 4 rings (SSSR count). The number of hydrogen-bond acceptors (Lipinski definition) is 15. The standard InChI is InChI=1S/C57H83N7O14S/c1-34(2)25-44-54(69)75-39(10)51(66)61(12)47(28-37(7)8)57(72)78-49(30-41-21-23-42(24-22-41)32-64-33-43(31-58-64)59-79(15,73)74)53(68)63(14)45(26-35(3)4)55(70)76-38(9)50(65)60(11)46(27-36(5)6)56(71)77-48(52(67)62(44)13)29-40-19-17-16-18-20-40/h16-24,31,33-39,44-49,59H,25-30,32H2,1-15H3/t38-,39-,44+,45+,46+,47+,48-,49-/m1/s1. The number of hydrogen-bond donors (Lipinski definition) is 1. The van der Waals surface area contributed by atoms with Crippen LogP contribution in [-0.4, -0.2) is 168 Å². The summed E-state index contributed by atoms with van der Waals surface area (Å²) >= 11 is 0. The van der Waals surface area contributed by atoms with Crippen molar-refractivity contribution in [2.45, 2.75) is 163 Å². The molecule has 1 N–H and O–H groups in total. The molecule has 8 atom stereocenters. The Kier molecular flexibility index (Phi) is 23.6. The molecule has 2 heterocycles. The molecule has 4 amide bonds. The van der Waals surface area contributed by atoms with Crippen molar-refractivity contribution in [2.24, 2.45) is 23.7 Å². The SMILES string of the molecule is CC(C)C[C@H]1C(=O)O[C@H](Cc2ccc(Cn3cc(NS(C)(=O)=O)cn3)cc2)C(=O)N(C)[C@@H](CC(C)C)C(=O)O[C@H](C)C(=O)N(C)[C@@H](CC(C)C)C(=O)O[C@H](Cc2ccccc2)C(=O)N(C)[C@@H](CC(C)C)C(=O)O[C@H](C)C(=O)N1C. The number of amides is 4. The molecule has 79 heavy (non-hydrogen) atoms. The van der Waals surface area contributed by atoms with Gasteiger partial charge < -0.3 is 38.5 Å². The summed E-state index contributed by atoms with van der Waals surface area (Å²) in [6.07, 6.45) is -2.20. The number of benzene rings is 2. The van der Waals surface area contributed by atoms with Crippen LogP contribution < -0.4 is 4.72 Å². The van der Waals surface area contributed by atoms with Crippen LogP contribution in [0.1, 0.15) is 112 Å². The van der Waals surface area contributed by atoms with E-state index < -0.39 is 106 Å². The lowest BCUT2D eigenvalue weighted by atomic mass is 9.99. The second-order valence-electron chi connectivity index (χ2n) is 22.4. The first-order valence-electron chi connectivity index (χ1n) is 26.9. The predicted molar refractivity (Wildman–Crippen MR) is 295 cm³/mol. The van der Waals surface area contributed by atoms with Crippen LogP contribution in [0.5, 0.6) is 0 Å². The molecule has 0 unspecified atom stereocenters. The van der Waals surface area contributed by atoms with Gasteiger partial charge in [0.15, 0.2) is 24.4 Å². The van der Waals surface area contributed by atoms with Gasteiger partial charge >= 0.3 is 23.9 Å². The molecule has 21 nitrogen and oxygen atoms in total. The molecule has 1 fully saturated rings. The Bertz CT molecular complexity index is 2680. The van der Waals surface area contributed by atoms with Crippen LogP contribution in [0.15, 0.2) is 67.0 Å². The summed E-state index contributed by atoms with van der Waals surface area (Å²) in [4.78, 5) is 121. The lowest BCUT2D eigenvalue weighted by Gasteiger charge is -2.35. The van der Waals surface area contributed by atoms with Gasteiger partial charge in [-0.2, -0.15) is 5.10 Å². The maximum Gasteiger partial charge on any atom is 0.329 e. The van der Waals surface area contributed by atoms with Crippen molar-refractivity contribution < 1.29 is 65.7 Å². The van der Waals surface area contributed by atoms with Crippen LogP contribution in [0.3, 0.4) is 0 Å². The van der Waals surface area contributed by atoms with E-state index in [1.54, 1.807) is 54.6 Å². The molecule has 1 aliphatic rings. The average Bonchev–Trinajstić information content (AvgIpc) is 3.82. The first-order chi connectivity index (χ1) is 36.9. The van der Waals surface area contributed by atoms with Gasteiger partial charge in [-0.05, 0) is 79.9 Å². The summed E-state index contributed by atoms with van der Waals surface area (Å²) in [5.74, 6) is -7.65. The number of carbonyl (C=O) groups excluding carboxylic acids is 8. The average molecular weight is 1120 g/mol. The van der Waals surface area contributed by atoms with E-state index in [1.807, 2.05) is 55.4 Å². The highest BCUT2D eigenvalue weighted by Gasteiger charge is 2.43. The minimum Gasteiger partial charge on any atom is -0.451 e. The normalized spacial score (nSPS) is 23.5. The zero-order chi connectivity index (χ0) is 59.2. The number of nitrogens with one attached hydrogen (secondary N) is 1. The summed E-state index contributed by atoms with van der Waals surface area (Å²) in [6.45, 7) is 17.6. The van der Waals surface area contributed by atoms with E-state index in [4.69, 9.17) is 18.9 Å². The molecular formula is C57H83N7O14S. The van der Waals surface area contributed by atoms with Crippen molar-refractivity contribution >= 4 is 63.2 Å². The summed E-state index contributed by atoms with van der Waals surface area (Å²) in [5.41, 5.74) is 2.19. The van der Waals surface area contributed by atoms with Crippen molar-refractivity contribution in [3.8, 4) is 0 Å². The smallest absolute Gasteiger partial charge is 0.329 e. The third-order valence-electron chi connectivity index (χ3n) is 13.5. The van der Waals surface area contributed by atoms with Crippen LogP contribution in [-0.2, 0) is 86.7 Å². The number of cyclic esters (lactones) is 4. The van der Waals surface area contributed by atoms with E-state index in [0.717, 1.165) is 31.4 Å². The molecule has 1 aromatic heterocycles. The molecule has 1 saturated heterocycles. The Labute approximate surface area is 466 Å².